The van der Waals surface area contributed by atoms with E-state index in [9.17, 15) is 4.79 Å². The molecule has 0 unspecified atom stereocenters. The molecule has 7 heteroatoms. The van der Waals surface area contributed by atoms with Gasteiger partial charge in [-0.1, -0.05) is 30.0 Å². The molecule has 0 bridgehead atoms. The third kappa shape index (κ3) is 5.99. The summed E-state index contributed by atoms with van der Waals surface area (Å²) in [5, 5.41) is 8.24. The Morgan fingerprint density at radius 3 is 2.79 bits per heavy atom. The fourth-order valence-electron chi connectivity index (χ4n) is 4.49. The van der Waals surface area contributed by atoms with Gasteiger partial charge in [-0.25, -0.2) is 4.68 Å². The largest absolute Gasteiger partial charge is 0.494 e. The quantitative estimate of drug-likeness (QED) is 0.223. The number of unbranched alkanes of at least 4 members (excludes halogenated alkanes) is 1. The monoisotopic (exact) mass is 508 g/mol. The number of aromatic nitrogens is 2. The lowest BCUT2D eigenvalue weighted by Crippen LogP contribution is -2.13. The average Bonchev–Trinajstić information content (AvgIpc) is 3.03. The Labute approximate surface area is 223 Å². The number of carbonyl (C=O) groups is 1. The van der Waals surface area contributed by atoms with E-state index in [1.165, 1.54) is 0 Å². The van der Waals surface area contributed by atoms with Gasteiger partial charge in [0, 0.05) is 12.2 Å². The van der Waals surface area contributed by atoms with E-state index in [0.717, 1.165) is 60.6 Å². The topological polar surface area (TPSA) is 68.6 Å². The lowest BCUT2D eigenvalue weighted by Gasteiger charge is -2.12. The van der Waals surface area contributed by atoms with Crippen LogP contribution in [0.3, 0.4) is 0 Å². The van der Waals surface area contributed by atoms with Crippen LogP contribution in [-0.2, 0) is 13.0 Å². The first-order valence-corrected chi connectivity index (χ1v) is 13.0. The number of aldehydes is 1. The number of carbonyl (C=O) groups excluding carboxylic acids is 1. The first-order valence-electron chi connectivity index (χ1n) is 13.0. The Bertz CT molecular complexity index is 1420. The van der Waals surface area contributed by atoms with Crippen molar-refractivity contribution in [3.8, 4) is 23.3 Å². The van der Waals surface area contributed by atoms with Crippen LogP contribution >= 0.6 is 0 Å². The Hall–Kier alpha value is -4.28. The molecular formula is C31H32N4O3. The number of benzene rings is 2. The number of hydrogen-bond acceptors (Lipinski definition) is 6. The van der Waals surface area contributed by atoms with Gasteiger partial charge in [0.25, 0.3) is 0 Å². The minimum absolute atomic E-state index is 0.477. The predicted octanol–water partition coefficient (Wildman–Crippen LogP) is 5.47. The first kappa shape index (κ1) is 25.4. The number of allylic oxidation sites excluding steroid dienone is 4. The van der Waals surface area contributed by atoms with Gasteiger partial charge in [-0.15, -0.1) is 0 Å². The summed E-state index contributed by atoms with van der Waals surface area (Å²) in [6.07, 6.45) is 7.99. The van der Waals surface area contributed by atoms with Crippen LogP contribution in [0.4, 0.5) is 11.5 Å². The number of aryl methyl sites for hydroxylation is 2. The SMILES string of the molecule is CN(C)CCCCOc1ccc2c(c1)CCn1nc(C3=CC=C(Oc4ccccc4)CC#C3)c(C=O)c1N2. The zero-order valence-corrected chi connectivity index (χ0v) is 21.9. The van der Waals surface area contributed by atoms with Crippen molar-refractivity contribution in [1.82, 2.24) is 14.7 Å². The molecule has 0 saturated carbocycles. The van der Waals surface area contributed by atoms with Crippen LogP contribution in [0.15, 0.2) is 66.4 Å². The van der Waals surface area contributed by atoms with Gasteiger partial charge in [0.2, 0.25) is 0 Å². The van der Waals surface area contributed by atoms with E-state index in [-0.39, 0.29) is 0 Å². The van der Waals surface area contributed by atoms with Crippen LogP contribution in [0, 0.1) is 11.8 Å². The highest BCUT2D eigenvalue weighted by molar-refractivity contribution is 5.95. The molecule has 2 aliphatic rings. The van der Waals surface area contributed by atoms with Crippen LogP contribution in [0.5, 0.6) is 11.5 Å². The van der Waals surface area contributed by atoms with E-state index in [1.54, 1.807) is 0 Å². The van der Waals surface area contributed by atoms with Gasteiger partial charge in [0.15, 0.2) is 6.29 Å². The Kier molecular flexibility index (Phi) is 7.91. The van der Waals surface area contributed by atoms with Gasteiger partial charge >= 0.3 is 0 Å². The van der Waals surface area contributed by atoms with Gasteiger partial charge in [0.05, 0.1) is 24.2 Å². The highest BCUT2D eigenvalue weighted by atomic mass is 16.5. The number of rotatable bonds is 10. The molecule has 1 aliphatic heterocycles. The molecule has 7 nitrogen and oxygen atoms in total. The molecule has 38 heavy (non-hydrogen) atoms. The van der Waals surface area contributed by atoms with Crippen LogP contribution in [-0.4, -0.2) is 48.2 Å². The van der Waals surface area contributed by atoms with Crippen LogP contribution in [0.1, 0.15) is 40.9 Å². The molecule has 5 rings (SSSR count). The fraction of sp³-hybridized carbons (Fsp3) is 0.290. The number of nitrogens with zero attached hydrogens (tertiary/aromatic N) is 3. The lowest BCUT2D eigenvalue weighted by molar-refractivity contribution is 0.112. The van der Waals surface area contributed by atoms with Crippen molar-refractivity contribution < 1.29 is 14.3 Å². The van der Waals surface area contributed by atoms with E-state index in [0.29, 0.717) is 42.2 Å². The summed E-state index contributed by atoms with van der Waals surface area (Å²) in [5.74, 6) is 9.38. The van der Waals surface area contributed by atoms with Gasteiger partial charge < -0.3 is 19.7 Å². The number of nitrogens with one attached hydrogen (secondary N) is 1. The van der Waals surface area contributed by atoms with Crippen molar-refractivity contribution in [2.75, 3.05) is 32.6 Å². The second kappa shape index (κ2) is 11.8. The van der Waals surface area contributed by atoms with Crippen molar-refractivity contribution in [3.05, 3.63) is 83.3 Å². The third-order valence-electron chi connectivity index (χ3n) is 6.47. The molecular weight excluding hydrogens is 476 g/mol. The second-order valence-corrected chi connectivity index (χ2v) is 9.61. The summed E-state index contributed by atoms with van der Waals surface area (Å²) in [7, 11) is 4.17. The summed E-state index contributed by atoms with van der Waals surface area (Å²) < 4.78 is 13.8. The number of hydrogen-bond donors (Lipinski definition) is 1. The van der Waals surface area contributed by atoms with Crippen molar-refractivity contribution in [2.45, 2.75) is 32.2 Å². The molecule has 0 atom stereocenters. The zero-order chi connectivity index (χ0) is 26.3. The van der Waals surface area contributed by atoms with Gasteiger partial charge in [0.1, 0.15) is 28.8 Å². The Morgan fingerprint density at radius 2 is 1.97 bits per heavy atom. The molecule has 194 valence electrons. The molecule has 1 N–H and O–H groups in total. The summed E-state index contributed by atoms with van der Waals surface area (Å²) in [4.78, 5) is 14.4. The lowest BCUT2D eigenvalue weighted by atomic mass is 10.1. The molecule has 1 aliphatic carbocycles. The highest BCUT2D eigenvalue weighted by Crippen LogP contribution is 2.34. The number of anilines is 2. The molecule has 1 aromatic heterocycles. The van der Waals surface area contributed by atoms with Crippen molar-refractivity contribution in [1.29, 1.82) is 0 Å². The van der Waals surface area contributed by atoms with E-state index in [1.807, 2.05) is 59.3 Å². The van der Waals surface area contributed by atoms with Crippen LogP contribution in [0.25, 0.3) is 5.57 Å². The predicted molar refractivity (Wildman–Crippen MR) is 150 cm³/mol. The molecule has 2 aromatic carbocycles. The summed E-state index contributed by atoms with van der Waals surface area (Å²) in [5.41, 5.74) is 3.87. The van der Waals surface area contributed by atoms with E-state index in [2.05, 4.69) is 42.2 Å². The average molecular weight is 509 g/mol. The maximum Gasteiger partial charge on any atom is 0.156 e. The minimum Gasteiger partial charge on any atom is -0.494 e. The zero-order valence-electron chi connectivity index (χ0n) is 21.9. The van der Waals surface area contributed by atoms with Crippen molar-refractivity contribution >= 4 is 23.4 Å². The fourth-order valence-corrected chi connectivity index (χ4v) is 4.49. The highest BCUT2D eigenvalue weighted by Gasteiger charge is 2.23. The second-order valence-electron chi connectivity index (χ2n) is 9.61. The van der Waals surface area contributed by atoms with Crippen LogP contribution in [0.2, 0.25) is 0 Å². The standard InChI is InChI=1S/C31H32N4O3/c1-34(2)18-6-7-20-37-27-15-16-29-24(21-27)17-19-35-31(32-29)28(22-36)30(33-35)23-9-8-12-26(14-13-23)38-25-10-4-3-5-11-25/h3-5,10-11,13-16,21-22,32H,6-7,12,17-20H2,1-2H3. The van der Waals surface area contributed by atoms with Crippen molar-refractivity contribution in [3.63, 3.8) is 0 Å². The molecule has 0 fully saturated rings. The number of fused-ring (bicyclic) bond motifs is 2. The molecule has 2 heterocycles. The first-order chi connectivity index (χ1) is 18.6. The molecule has 3 aromatic rings. The smallest absolute Gasteiger partial charge is 0.156 e. The van der Waals surface area contributed by atoms with E-state index >= 15 is 0 Å². The van der Waals surface area contributed by atoms with E-state index < -0.39 is 0 Å². The van der Waals surface area contributed by atoms with E-state index in [4.69, 9.17) is 14.6 Å². The molecule has 0 radical (unpaired) electrons. The number of para-hydroxylation sites is 1. The molecule has 0 saturated heterocycles. The van der Waals surface area contributed by atoms with Gasteiger partial charge in [-0.2, -0.15) is 5.10 Å². The molecule has 0 spiro atoms. The Morgan fingerprint density at radius 1 is 1.11 bits per heavy atom. The normalized spacial score (nSPS) is 14.0. The van der Waals surface area contributed by atoms with Crippen molar-refractivity contribution in [2.24, 2.45) is 0 Å². The number of ether oxygens (including phenoxy) is 2. The Balaban J connectivity index is 1.32. The summed E-state index contributed by atoms with van der Waals surface area (Å²) >= 11 is 0. The maximum absolute atomic E-state index is 12.3. The summed E-state index contributed by atoms with van der Waals surface area (Å²) in [6.45, 7) is 2.40. The van der Waals surface area contributed by atoms with Crippen LogP contribution < -0.4 is 14.8 Å². The maximum atomic E-state index is 12.3. The summed E-state index contributed by atoms with van der Waals surface area (Å²) in [6, 6.07) is 15.7. The third-order valence-corrected chi connectivity index (χ3v) is 6.47. The van der Waals surface area contributed by atoms with Gasteiger partial charge in [-0.05, 0) is 87.9 Å². The van der Waals surface area contributed by atoms with Gasteiger partial charge in [-0.3, -0.25) is 4.79 Å². The minimum atomic E-state index is 0.477. The molecule has 0 amide bonds.